The van der Waals surface area contributed by atoms with Crippen LogP contribution in [0.15, 0.2) is 42.5 Å². The average molecular weight is 295 g/mol. The van der Waals surface area contributed by atoms with Crippen molar-refractivity contribution >= 4 is 5.69 Å². The summed E-state index contributed by atoms with van der Waals surface area (Å²) in [5.74, 6) is 1.03. The molecule has 0 aliphatic rings. The third-order valence-electron chi connectivity index (χ3n) is 4.84. The predicted octanol–water partition coefficient (Wildman–Crippen LogP) is 5.89. The van der Waals surface area contributed by atoms with Crippen LogP contribution in [0.25, 0.3) is 0 Å². The summed E-state index contributed by atoms with van der Waals surface area (Å²) in [6.07, 6.45) is 3.23. The zero-order valence-corrected chi connectivity index (χ0v) is 14.4. The molecule has 0 saturated heterocycles. The standard InChI is InChI=1S/C21H29N/c1-5-15(3)19-13-18(12-17-10-8-7-9-11-17)14-20(21(19)22)16(4)6-2/h7-11,13-16H,5-6,12,22H2,1-4H3. The first-order valence-electron chi connectivity index (χ1n) is 8.52. The molecule has 0 amide bonds. The molecule has 0 heterocycles. The highest BCUT2D eigenvalue weighted by atomic mass is 14.6. The number of benzene rings is 2. The number of rotatable bonds is 6. The zero-order chi connectivity index (χ0) is 16.1. The van der Waals surface area contributed by atoms with Gasteiger partial charge >= 0.3 is 0 Å². The Morgan fingerprint density at radius 2 is 1.32 bits per heavy atom. The van der Waals surface area contributed by atoms with Crippen LogP contribution in [0.2, 0.25) is 0 Å². The lowest BCUT2D eigenvalue weighted by molar-refractivity contribution is 0.713. The van der Waals surface area contributed by atoms with E-state index in [1.807, 2.05) is 0 Å². The van der Waals surface area contributed by atoms with E-state index in [1.54, 1.807) is 0 Å². The third kappa shape index (κ3) is 3.71. The molecule has 0 aliphatic carbocycles. The van der Waals surface area contributed by atoms with Gasteiger partial charge in [-0.05, 0) is 53.4 Å². The molecule has 2 atom stereocenters. The van der Waals surface area contributed by atoms with Crippen molar-refractivity contribution in [3.05, 3.63) is 64.7 Å². The van der Waals surface area contributed by atoms with Crippen LogP contribution < -0.4 is 5.73 Å². The van der Waals surface area contributed by atoms with Crippen molar-refractivity contribution < 1.29 is 0 Å². The van der Waals surface area contributed by atoms with Crippen molar-refractivity contribution in [2.45, 2.75) is 58.8 Å². The second-order valence-electron chi connectivity index (χ2n) is 6.47. The molecule has 0 aromatic heterocycles. The molecule has 0 spiro atoms. The van der Waals surface area contributed by atoms with Crippen molar-refractivity contribution in [3.63, 3.8) is 0 Å². The van der Waals surface area contributed by atoms with E-state index in [0.717, 1.165) is 24.9 Å². The first-order valence-corrected chi connectivity index (χ1v) is 8.52. The number of anilines is 1. The largest absolute Gasteiger partial charge is 0.398 e. The van der Waals surface area contributed by atoms with E-state index in [2.05, 4.69) is 70.2 Å². The van der Waals surface area contributed by atoms with Gasteiger partial charge in [-0.2, -0.15) is 0 Å². The number of hydrogen-bond donors (Lipinski definition) is 1. The minimum absolute atomic E-state index is 0.513. The Kier molecular flexibility index (Phi) is 5.65. The lowest BCUT2D eigenvalue weighted by Crippen LogP contribution is -2.07. The van der Waals surface area contributed by atoms with Gasteiger partial charge in [0.2, 0.25) is 0 Å². The summed E-state index contributed by atoms with van der Waals surface area (Å²) in [4.78, 5) is 0. The van der Waals surface area contributed by atoms with Crippen molar-refractivity contribution in [2.24, 2.45) is 0 Å². The summed E-state index contributed by atoms with van der Waals surface area (Å²) in [6, 6.07) is 15.3. The van der Waals surface area contributed by atoms with Gasteiger partial charge in [-0.15, -0.1) is 0 Å². The molecular weight excluding hydrogens is 266 g/mol. The molecule has 1 nitrogen and oxygen atoms in total. The highest BCUT2D eigenvalue weighted by Crippen LogP contribution is 2.34. The second kappa shape index (κ2) is 7.49. The fourth-order valence-electron chi connectivity index (χ4n) is 2.95. The molecule has 22 heavy (non-hydrogen) atoms. The fraction of sp³-hybridized carbons (Fsp3) is 0.429. The van der Waals surface area contributed by atoms with Crippen LogP contribution in [-0.4, -0.2) is 0 Å². The molecule has 2 aromatic rings. The fourth-order valence-corrected chi connectivity index (χ4v) is 2.95. The van der Waals surface area contributed by atoms with Crippen molar-refractivity contribution in [1.82, 2.24) is 0 Å². The van der Waals surface area contributed by atoms with Crippen LogP contribution in [0, 0.1) is 0 Å². The summed E-state index contributed by atoms with van der Waals surface area (Å²) in [6.45, 7) is 9.02. The Morgan fingerprint density at radius 3 is 1.77 bits per heavy atom. The van der Waals surface area contributed by atoms with Crippen LogP contribution in [0.1, 0.15) is 74.6 Å². The van der Waals surface area contributed by atoms with Crippen molar-refractivity contribution in [1.29, 1.82) is 0 Å². The molecule has 2 N–H and O–H groups in total. The molecule has 2 unspecified atom stereocenters. The van der Waals surface area contributed by atoms with Gasteiger partial charge in [0, 0.05) is 5.69 Å². The maximum Gasteiger partial charge on any atom is 0.0384 e. The van der Waals surface area contributed by atoms with Crippen LogP contribution >= 0.6 is 0 Å². The van der Waals surface area contributed by atoms with E-state index < -0.39 is 0 Å². The van der Waals surface area contributed by atoms with Crippen LogP contribution in [0.5, 0.6) is 0 Å². The Hall–Kier alpha value is -1.76. The Labute approximate surface area is 135 Å². The molecule has 1 heteroatoms. The monoisotopic (exact) mass is 295 g/mol. The average Bonchev–Trinajstić information content (AvgIpc) is 2.55. The van der Waals surface area contributed by atoms with Crippen molar-refractivity contribution in [3.8, 4) is 0 Å². The summed E-state index contributed by atoms with van der Waals surface area (Å²) in [7, 11) is 0. The smallest absolute Gasteiger partial charge is 0.0384 e. The lowest BCUT2D eigenvalue weighted by Gasteiger charge is -2.21. The van der Waals surface area contributed by atoms with Crippen molar-refractivity contribution in [2.75, 3.05) is 5.73 Å². The van der Waals surface area contributed by atoms with E-state index in [4.69, 9.17) is 5.73 Å². The van der Waals surface area contributed by atoms with Gasteiger partial charge in [0.05, 0.1) is 0 Å². The maximum atomic E-state index is 6.50. The lowest BCUT2D eigenvalue weighted by atomic mass is 9.86. The number of nitrogen functional groups attached to an aromatic ring is 1. The van der Waals surface area contributed by atoms with Gasteiger partial charge < -0.3 is 5.73 Å². The zero-order valence-electron chi connectivity index (χ0n) is 14.4. The van der Waals surface area contributed by atoms with Gasteiger partial charge in [-0.25, -0.2) is 0 Å². The Balaban J connectivity index is 2.45. The van der Waals surface area contributed by atoms with Gasteiger partial charge in [-0.1, -0.05) is 70.2 Å². The molecule has 0 radical (unpaired) electrons. The first kappa shape index (κ1) is 16.6. The third-order valence-corrected chi connectivity index (χ3v) is 4.84. The van der Waals surface area contributed by atoms with Gasteiger partial charge in [0.25, 0.3) is 0 Å². The minimum atomic E-state index is 0.513. The van der Waals surface area contributed by atoms with E-state index in [-0.39, 0.29) is 0 Å². The summed E-state index contributed by atoms with van der Waals surface area (Å²) in [5.41, 5.74) is 12.9. The topological polar surface area (TPSA) is 26.0 Å². The highest BCUT2D eigenvalue weighted by molar-refractivity contribution is 5.58. The maximum absolute atomic E-state index is 6.50. The van der Waals surface area contributed by atoms with Crippen LogP contribution in [0.3, 0.4) is 0 Å². The van der Waals surface area contributed by atoms with E-state index in [9.17, 15) is 0 Å². The molecule has 118 valence electrons. The number of nitrogens with two attached hydrogens (primary N) is 1. The van der Waals surface area contributed by atoms with Gasteiger partial charge in [0.1, 0.15) is 0 Å². The van der Waals surface area contributed by atoms with E-state index >= 15 is 0 Å². The molecule has 2 rings (SSSR count). The van der Waals surface area contributed by atoms with Gasteiger partial charge in [0.15, 0.2) is 0 Å². The first-order chi connectivity index (χ1) is 10.6. The normalized spacial score (nSPS) is 13.8. The van der Waals surface area contributed by atoms with Gasteiger partial charge in [-0.3, -0.25) is 0 Å². The molecule has 0 aliphatic heterocycles. The molecule has 0 fully saturated rings. The second-order valence-corrected chi connectivity index (χ2v) is 6.47. The molecule has 2 aromatic carbocycles. The Morgan fingerprint density at radius 1 is 0.818 bits per heavy atom. The summed E-state index contributed by atoms with van der Waals surface area (Å²) < 4.78 is 0. The van der Waals surface area contributed by atoms with Crippen LogP contribution in [-0.2, 0) is 6.42 Å². The van der Waals surface area contributed by atoms with Crippen LogP contribution in [0.4, 0.5) is 5.69 Å². The minimum Gasteiger partial charge on any atom is -0.398 e. The summed E-state index contributed by atoms with van der Waals surface area (Å²) >= 11 is 0. The highest BCUT2D eigenvalue weighted by Gasteiger charge is 2.16. The Bertz CT molecular complexity index is 570. The number of hydrogen-bond acceptors (Lipinski definition) is 1. The molecular formula is C21H29N. The van der Waals surface area contributed by atoms with E-state index in [1.165, 1.54) is 22.3 Å². The summed E-state index contributed by atoms with van der Waals surface area (Å²) in [5, 5.41) is 0. The molecule has 0 saturated carbocycles. The molecule has 0 bridgehead atoms. The predicted molar refractivity (Wildman–Crippen MR) is 97.5 cm³/mol. The quantitative estimate of drug-likeness (QED) is 0.661. The van der Waals surface area contributed by atoms with E-state index in [0.29, 0.717) is 11.8 Å². The SMILES string of the molecule is CCC(C)c1cc(Cc2ccccc2)cc(C(C)CC)c1N.